The van der Waals surface area contributed by atoms with E-state index < -0.39 is 34.0 Å². The van der Waals surface area contributed by atoms with Gasteiger partial charge in [0.25, 0.3) is 0 Å². The van der Waals surface area contributed by atoms with Crippen LogP contribution < -0.4 is 0 Å². The summed E-state index contributed by atoms with van der Waals surface area (Å²) in [7, 11) is 0. The Balaban J connectivity index is 1.76. The Kier molecular flexibility index (Phi) is 3.63. The van der Waals surface area contributed by atoms with Crippen LogP contribution in [0.15, 0.2) is 23.6 Å². The molecule has 4 aliphatic rings. The molecule has 0 unspecified atom stereocenters. The quantitative estimate of drug-likeness (QED) is 0.747. The van der Waals surface area contributed by atoms with E-state index in [-0.39, 0.29) is 23.7 Å². The summed E-state index contributed by atoms with van der Waals surface area (Å²) in [5, 5.41) is 20.9. The van der Waals surface area contributed by atoms with Gasteiger partial charge in [-0.2, -0.15) is 0 Å². The summed E-state index contributed by atoms with van der Waals surface area (Å²) >= 11 is 0. The number of allylic oxidation sites excluding steroid dienone is 4. The number of hydrogen-bond donors (Lipinski definition) is 2. The third-order valence-corrected chi connectivity index (χ3v) is 8.55. The molecule has 0 amide bonds. The van der Waals surface area contributed by atoms with E-state index in [1.165, 1.54) is 6.08 Å². The van der Waals surface area contributed by atoms with Crippen LogP contribution >= 0.6 is 0 Å². The molecular weight excluding hydrogens is 335 g/mol. The highest BCUT2D eigenvalue weighted by Crippen LogP contribution is 2.68. The van der Waals surface area contributed by atoms with Gasteiger partial charge in [-0.1, -0.05) is 26.8 Å². The molecular formula is C21H27FO4. The van der Waals surface area contributed by atoms with Crippen LogP contribution in [0.4, 0.5) is 4.39 Å². The molecule has 5 heteroatoms. The molecule has 0 aromatic heterocycles. The number of fused-ring (bicyclic) bond motifs is 5. The van der Waals surface area contributed by atoms with E-state index in [0.717, 1.165) is 12.8 Å². The van der Waals surface area contributed by atoms with Gasteiger partial charge < -0.3 is 10.2 Å². The van der Waals surface area contributed by atoms with E-state index >= 15 is 0 Å². The van der Waals surface area contributed by atoms with Crippen molar-refractivity contribution in [2.45, 2.75) is 58.5 Å². The average Bonchev–Trinajstić information content (AvgIpc) is 2.80. The summed E-state index contributed by atoms with van der Waals surface area (Å²) in [6.07, 6.45) is 6.55. The highest BCUT2D eigenvalue weighted by atomic mass is 19.1. The highest BCUT2D eigenvalue weighted by Gasteiger charge is 2.69. The second-order valence-electron chi connectivity index (χ2n) is 9.35. The fourth-order valence-electron chi connectivity index (χ4n) is 7.08. The molecule has 0 radical (unpaired) electrons. The maximum absolute atomic E-state index is 14.5. The maximum atomic E-state index is 14.5. The van der Waals surface area contributed by atoms with E-state index in [0.29, 0.717) is 24.8 Å². The fraction of sp³-hybridized carbons (Fsp3) is 0.714. The van der Waals surface area contributed by atoms with Crippen molar-refractivity contribution in [3.05, 3.63) is 23.6 Å². The first kappa shape index (κ1) is 17.9. The minimum absolute atomic E-state index is 0.102. The second kappa shape index (κ2) is 5.28. The van der Waals surface area contributed by atoms with E-state index in [9.17, 15) is 24.2 Å². The van der Waals surface area contributed by atoms with Crippen LogP contribution in [0.2, 0.25) is 0 Å². The molecule has 0 spiro atoms. The zero-order chi connectivity index (χ0) is 19.1. The van der Waals surface area contributed by atoms with Crippen LogP contribution in [0.25, 0.3) is 0 Å². The van der Waals surface area contributed by atoms with E-state index in [1.54, 1.807) is 0 Å². The molecule has 0 heterocycles. The first-order valence-electron chi connectivity index (χ1n) is 9.66. The maximum Gasteiger partial charge on any atom is 0.336 e. The molecule has 3 saturated carbocycles. The third kappa shape index (κ3) is 1.88. The predicted octanol–water partition coefficient (Wildman–Crippen LogP) is 3.65. The first-order valence-corrected chi connectivity index (χ1v) is 9.66. The van der Waals surface area contributed by atoms with Gasteiger partial charge in [-0.15, -0.1) is 0 Å². The summed E-state index contributed by atoms with van der Waals surface area (Å²) in [6.45, 7) is 5.79. The van der Waals surface area contributed by atoms with Gasteiger partial charge in [0.15, 0.2) is 11.4 Å². The molecule has 4 rings (SSSR count). The normalized spacial score (nSPS) is 50.3. The van der Waals surface area contributed by atoms with Crippen molar-refractivity contribution in [3.63, 3.8) is 0 Å². The molecule has 0 saturated heterocycles. The zero-order valence-electron chi connectivity index (χ0n) is 15.6. The van der Waals surface area contributed by atoms with Gasteiger partial charge in [0.2, 0.25) is 5.78 Å². The Labute approximate surface area is 153 Å². The number of aliphatic carboxylic acids is 1. The standard InChI is InChI=1S/C21H27FO4/c1-11-10-15-12-4-5-14-17(22)16(23)7-8-19(14,2)13(12)6-9-20(15,3)21(11,26)18(24)25/h7-8,11-13,15,26H,4-6,9-10H2,1-3H3,(H,24,25)/t11-,12+,13-,15-,19+,20-,21-/m0/s1. The summed E-state index contributed by atoms with van der Waals surface area (Å²) < 4.78 is 14.5. The largest absolute Gasteiger partial charge is 0.479 e. The molecule has 4 nitrogen and oxygen atoms in total. The van der Waals surface area contributed by atoms with Crippen LogP contribution in [-0.2, 0) is 9.59 Å². The highest BCUT2D eigenvalue weighted by molar-refractivity contribution is 6.04. The lowest BCUT2D eigenvalue weighted by molar-refractivity contribution is -0.186. The monoisotopic (exact) mass is 362 g/mol. The summed E-state index contributed by atoms with van der Waals surface area (Å²) in [6, 6.07) is 0. The number of carboxylic acid groups (broad SMARTS) is 1. The number of ketones is 1. The van der Waals surface area contributed by atoms with Crippen molar-refractivity contribution in [2.24, 2.45) is 34.5 Å². The van der Waals surface area contributed by atoms with Crippen molar-refractivity contribution in [1.29, 1.82) is 0 Å². The average molecular weight is 362 g/mol. The lowest BCUT2D eigenvalue weighted by Crippen LogP contribution is -2.58. The molecule has 0 aromatic carbocycles. The van der Waals surface area contributed by atoms with Crippen molar-refractivity contribution in [1.82, 2.24) is 0 Å². The number of carboxylic acids is 1. The van der Waals surface area contributed by atoms with Crippen LogP contribution in [0.3, 0.4) is 0 Å². The number of aliphatic hydroxyl groups is 1. The Bertz CT molecular complexity index is 755. The molecule has 0 aliphatic heterocycles. The van der Waals surface area contributed by atoms with Crippen molar-refractivity contribution in [2.75, 3.05) is 0 Å². The van der Waals surface area contributed by atoms with Gasteiger partial charge in [0.1, 0.15) is 0 Å². The number of carbonyl (C=O) groups is 2. The minimum atomic E-state index is -1.71. The van der Waals surface area contributed by atoms with E-state index in [4.69, 9.17) is 0 Å². The predicted molar refractivity (Wildman–Crippen MR) is 93.8 cm³/mol. The Morgan fingerprint density at radius 2 is 1.96 bits per heavy atom. The molecule has 4 aliphatic carbocycles. The molecule has 2 N–H and O–H groups in total. The first-order chi connectivity index (χ1) is 12.1. The van der Waals surface area contributed by atoms with Gasteiger partial charge in [-0.05, 0) is 67.4 Å². The van der Waals surface area contributed by atoms with Crippen molar-refractivity contribution < 1.29 is 24.2 Å². The topological polar surface area (TPSA) is 74.6 Å². The molecule has 142 valence electrons. The molecule has 0 bridgehead atoms. The zero-order valence-corrected chi connectivity index (χ0v) is 15.6. The fourth-order valence-corrected chi connectivity index (χ4v) is 7.08. The van der Waals surface area contributed by atoms with E-state index in [2.05, 4.69) is 0 Å². The van der Waals surface area contributed by atoms with Crippen LogP contribution in [0.5, 0.6) is 0 Å². The van der Waals surface area contributed by atoms with Crippen LogP contribution in [0.1, 0.15) is 52.9 Å². The Morgan fingerprint density at radius 1 is 1.27 bits per heavy atom. The molecule has 7 atom stereocenters. The smallest absolute Gasteiger partial charge is 0.336 e. The summed E-state index contributed by atoms with van der Waals surface area (Å²) in [5.41, 5.74) is -2.23. The number of carbonyl (C=O) groups excluding carboxylic acids is 1. The van der Waals surface area contributed by atoms with Crippen LogP contribution in [0, 0.1) is 34.5 Å². The lowest BCUT2D eigenvalue weighted by Gasteiger charge is -2.57. The Morgan fingerprint density at radius 3 is 2.62 bits per heavy atom. The summed E-state index contributed by atoms with van der Waals surface area (Å²) in [5.74, 6) is -2.03. The number of hydrogen-bond acceptors (Lipinski definition) is 3. The van der Waals surface area contributed by atoms with Crippen molar-refractivity contribution in [3.8, 4) is 0 Å². The number of rotatable bonds is 1. The lowest BCUT2D eigenvalue weighted by atomic mass is 9.47. The molecule has 3 fully saturated rings. The van der Waals surface area contributed by atoms with Gasteiger partial charge in [0.05, 0.1) is 0 Å². The molecule has 0 aromatic rings. The Hall–Kier alpha value is -1.49. The third-order valence-electron chi connectivity index (χ3n) is 8.55. The summed E-state index contributed by atoms with van der Waals surface area (Å²) in [4.78, 5) is 23.7. The molecule has 26 heavy (non-hydrogen) atoms. The van der Waals surface area contributed by atoms with Gasteiger partial charge in [-0.3, -0.25) is 4.79 Å². The van der Waals surface area contributed by atoms with Crippen molar-refractivity contribution >= 4 is 11.8 Å². The van der Waals surface area contributed by atoms with Gasteiger partial charge in [0, 0.05) is 10.8 Å². The number of halogens is 1. The SMILES string of the molecule is C[C@H]1C[C@H]2[C@@H]3CCC4=C(F)C(=O)C=C[C@]4(C)[C@H]3CC[C@]2(C)[C@@]1(O)C(=O)O. The minimum Gasteiger partial charge on any atom is -0.479 e. The van der Waals surface area contributed by atoms with Crippen LogP contribution in [-0.4, -0.2) is 27.6 Å². The van der Waals surface area contributed by atoms with Gasteiger partial charge in [-0.25, -0.2) is 9.18 Å². The van der Waals surface area contributed by atoms with E-state index in [1.807, 2.05) is 26.8 Å². The van der Waals surface area contributed by atoms with Gasteiger partial charge >= 0.3 is 5.97 Å². The second-order valence-corrected chi connectivity index (χ2v) is 9.35.